The Morgan fingerprint density at radius 3 is 2.71 bits per heavy atom. The Kier molecular flexibility index (Phi) is 12.4. The van der Waals surface area contributed by atoms with Gasteiger partial charge in [0, 0.05) is 51.6 Å². The van der Waals surface area contributed by atoms with Gasteiger partial charge in [-0.15, -0.1) is 24.0 Å². The highest BCUT2D eigenvalue weighted by atomic mass is 127. The molecule has 1 atom stereocenters. The summed E-state index contributed by atoms with van der Waals surface area (Å²) in [4.78, 5) is 11.2. The summed E-state index contributed by atoms with van der Waals surface area (Å²) in [6.45, 7) is 12.0. The number of anilines is 1. The molecule has 1 aliphatic rings. The van der Waals surface area contributed by atoms with E-state index in [0.29, 0.717) is 12.5 Å². The number of halogens is 1. The van der Waals surface area contributed by atoms with Crippen LogP contribution in [-0.2, 0) is 16.0 Å². The van der Waals surface area contributed by atoms with Gasteiger partial charge in [0.1, 0.15) is 5.82 Å². The third kappa shape index (κ3) is 8.08. The molecule has 8 heteroatoms. The molecule has 0 saturated carbocycles. The summed E-state index contributed by atoms with van der Waals surface area (Å²) in [5.74, 6) is 2.33. The number of nitrogens with zero attached hydrogens (tertiary/aromatic N) is 3. The molecule has 0 aromatic carbocycles. The Morgan fingerprint density at radius 2 is 2.07 bits per heavy atom. The summed E-state index contributed by atoms with van der Waals surface area (Å²) in [6.07, 6.45) is 3.08. The zero-order valence-corrected chi connectivity index (χ0v) is 19.9. The van der Waals surface area contributed by atoms with Crippen LogP contribution in [0.3, 0.4) is 0 Å². The van der Waals surface area contributed by atoms with Crippen LogP contribution < -0.4 is 15.5 Å². The van der Waals surface area contributed by atoms with Crippen molar-refractivity contribution in [2.45, 2.75) is 39.8 Å². The van der Waals surface area contributed by atoms with Crippen molar-refractivity contribution in [3.05, 3.63) is 23.9 Å². The maximum absolute atomic E-state index is 5.81. The summed E-state index contributed by atoms with van der Waals surface area (Å²) < 4.78 is 11.3. The van der Waals surface area contributed by atoms with Gasteiger partial charge in [-0.2, -0.15) is 0 Å². The fraction of sp³-hybridized carbons (Fsp3) is 0.700. The highest BCUT2D eigenvalue weighted by Gasteiger charge is 2.16. The van der Waals surface area contributed by atoms with Crippen LogP contribution in [-0.4, -0.2) is 63.6 Å². The first-order valence-electron chi connectivity index (χ1n) is 9.98. The minimum absolute atomic E-state index is 0. The minimum Gasteiger partial charge on any atom is -0.378 e. The van der Waals surface area contributed by atoms with E-state index >= 15 is 0 Å². The van der Waals surface area contributed by atoms with Crippen LogP contribution >= 0.6 is 24.0 Å². The smallest absolute Gasteiger partial charge is 0.191 e. The van der Waals surface area contributed by atoms with E-state index in [-0.39, 0.29) is 30.1 Å². The second kappa shape index (κ2) is 13.9. The van der Waals surface area contributed by atoms with Crippen LogP contribution in [0.25, 0.3) is 0 Å². The first-order chi connectivity index (χ1) is 13.2. The predicted octanol–water partition coefficient (Wildman–Crippen LogP) is 2.65. The quantitative estimate of drug-likeness (QED) is 0.306. The molecule has 2 N–H and O–H groups in total. The van der Waals surface area contributed by atoms with E-state index in [9.17, 15) is 0 Å². The highest BCUT2D eigenvalue weighted by molar-refractivity contribution is 14.0. The number of pyridine rings is 1. The standard InChI is InChI=1S/C20H35N5O2.HI/c1-5-27-18(16(2)3)8-10-23-20(21-4)24-15-17-7-6-9-22-19(17)25-11-13-26-14-12-25;/h6-7,9,16,18H,5,8,10-15H2,1-4H3,(H2,21,23,24);1H. The number of nitrogens with one attached hydrogen (secondary N) is 2. The molecule has 0 aliphatic carbocycles. The van der Waals surface area contributed by atoms with Crippen LogP contribution in [0.4, 0.5) is 5.82 Å². The van der Waals surface area contributed by atoms with Crippen molar-refractivity contribution >= 4 is 35.8 Å². The number of aromatic nitrogens is 1. The summed E-state index contributed by atoms with van der Waals surface area (Å²) in [6, 6.07) is 4.09. The first-order valence-corrected chi connectivity index (χ1v) is 9.98. The van der Waals surface area contributed by atoms with Gasteiger partial charge in [-0.25, -0.2) is 4.98 Å². The van der Waals surface area contributed by atoms with Gasteiger partial charge < -0.3 is 25.0 Å². The van der Waals surface area contributed by atoms with E-state index in [2.05, 4.69) is 45.4 Å². The molecule has 1 fully saturated rings. The SMILES string of the molecule is CCOC(CCNC(=NC)NCc1cccnc1N1CCOCC1)C(C)C.I. The topological polar surface area (TPSA) is 71.0 Å². The lowest BCUT2D eigenvalue weighted by atomic mass is 10.0. The van der Waals surface area contributed by atoms with Gasteiger partial charge in [0.2, 0.25) is 0 Å². The number of aliphatic imine (C=N–C) groups is 1. The summed E-state index contributed by atoms with van der Waals surface area (Å²) >= 11 is 0. The van der Waals surface area contributed by atoms with Crippen LogP contribution in [0.5, 0.6) is 0 Å². The summed E-state index contributed by atoms with van der Waals surface area (Å²) in [5, 5.41) is 6.79. The van der Waals surface area contributed by atoms with Crippen molar-refractivity contribution in [1.82, 2.24) is 15.6 Å². The lowest BCUT2D eigenvalue weighted by molar-refractivity contribution is 0.0258. The number of guanidine groups is 1. The number of morpholine rings is 1. The average Bonchev–Trinajstić information content (AvgIpc) is 2.70. The molecule has 0 amide bonds. The molecule has 1 aromatic heterocycles. The number of rotatable bonds is 9. The third-order valence-corrected chi connectivity index (χ3v) is 4.69. The van der Waals surface area contributed by atoms with Crippen molar-refractivity contribution < 1.29 is 9.47 Å². The maximum Gasteiger partial charge on any atom is 0.191 e. The molecular formula is C20H36IN5O2. The van der Waals surface area contributed by atoms with E-state index in [1.54, 1.807) is 7.05 Å². The molecule has 1 unspecified atom stereocenters. The molecule has 2 heterocycles. The number of ether oxygens (including phenoxy) is 2. The van der Waals surface area contributed by atoms with E-state index in [1.807, 2.05) is 19.2 Å². The van der Waals surface area contributed by atoms with Crippen molar-refractivity contribution in [2.75, 3.05) is 51.4 Å². The monoisotopic (exact) mass is 505 g/mol. The molecule has 0 bridgehead atoms. The number of hydrogen-bond donors (Lipinski definition) is 2. The van der Waals surface area contributed by atoms with E-state index < -0.39 is 0 Å². The maximum atomic E-state index is 5.81. The van der Waals surface area contributed by atoms with Crippen molar-refractivity contribution in [2.24, 2.45) is 10.9 Å². The van der Waals surface area contributed by atoms with Gasteiger partial charge in [-0.05, 0) is 25.3 Å². The van der Waals surface area contributed by atoms with Crippen LogP contribution in [0.1, 0.15) is 32.8 Å². The Bertz CT molecular complexity index is 579. The van der Waals surface area contributed by atoms with Crippen LogP contribution in [0.2, 0.25) is 0 Å². The second-order valence-electron chi connectivity index (χ2n) is 6.96. The molecule has 1 aliphatic heterocycles. The molecule has 0 radical (unpaired) electrons. The van der Waals surface area contributed by atoms with Gasteiger partial charge in [-0.1, -0.05) is 19.9 Å². The Hall–Kier alpha value is -1.13. The normalized spacial score (nSPS) is 15.9. The second-order valence-corrected chi connectivity index (χ2v) is 6.96. The average molecular weight is 505 g/mol. The zero-order chi connectivity index (χ0) is 19.5. The minimum atomic E-state index is 0. The molecular weight excluding hydrogens is 469 g/mol. The first kappa shape index (κ1) is 24.9. The lowest BCUT2D eigenvalue weighted by Crippen LogP contribution is -2.40. The van der Waals surface area contributed by atoms with E-state index in [1.165, 1.54) is 0 Å². The lowest BCUT2D eigenvalue weighted by Gasteiger charge is -2.29. The van der Waals surface area contributed by atoms with Gasteiger partial charge in [0.05, 0.1) is 19.3 Å². The molecule has 28 heavy (non-hydrogen) atoms. The largest absolute Gasteiger partial charge is 0.378 e. The van der Waals surface area contributed by atoms with Gasteiger partial charge in [0.25, 0.3) is 0 Å². The van der Waals surface area contributed by atoms with Crippen molar-refractivity contribution in [3.63, 3.8) is 0 Å². The Morgan fingerprint density at radius 1 is 1.32 bits per heavy atom. The molecule has 1 saturated heterocycles. The fourth-order valence-electron chi connectivity index (χ4n) is 3.18. The summed E-state index contributed by atoms with van der Waals surface area (Å²) in [7, 11) is 1.80. The Balaban J connectivity index is 0.00000392. The predicted molar refractivity (Wildman–Crippen MR) is 126 cm³/mol. The zero-order valence-electron chi connectivity index (χ0n) is 17.6. The van der Waals surface area contributed by atoms with Gasteiger partial charge in [0.15, 0.2) is 5.96 Å². The van der Waals surface area contributed by atoms with E-state index in [4.69, 9.17) is 9.47 Å². The fourth-order valence-corrected chi connectivity index (χ4v) is 3.18. The highest BCUT2D eigenvalue weighted by Crippen LogP contribution is 2.18. The Labute approximate surface area is 186 Å². The van der Waals surface area contributed by atoms with Crippen molar-refractivity contribution in [3.8, 4) is 0 Å². The van der Waals surface area contributed by atoms with Gasteiger partial charge >= 0.3 is 0 Å². The van der Waals surface area contributed by atoms with Gasteiger partial charge in [-0.3, -0.25) is 4.99 Å². The van der Waals surface area contributed by atoms with Crippen LogP contribution in [0.15, 0.2) is 23.3 Å². The third-order valence-electron chi connectivity index (χ3n) is 4.69. The van der Waals surface area contributed by atoms with Crippen LogP contribution in [0, 0.1) is 5.92 Å². The van der Waals surface area contributed by atoms with Crippen molar-refractivity contribution in [1.29, 1.82) is 0 Å². The molecule has 1 aromatic rings. The molecule has 160 valence electrons. The molecule has 0 spiro atoms. The molecule has 7 nitrogen and oxygen atoms in total. The number of hydrogen-bond acceptors (Lipinski definition) is 5. The molecule has 2 rings (SSSR count). The summed E-state index contributed by atoms with van der Waals surface area (Å²) in [5.41, 5.74) is 1.16. The van der Waals surface area contributed by atoms with E-state index in [0.717, 1.165) is 63.2 Å².